The molecule has 0 aromatic heterocycles. The number of rotatable bonds is 5. The Hall–Kier alpha value is -1.67. The zero-order chi connectivity index (χ0) is 12.8. The van der Waals surface area contributed by atoms with Crippen molar-refractivity contribution in [1.82, 2.24) is 0 Å². The van der Waals surface area contributed by atoms with Gasteiger partial charge >= 0.3 is 0 Å². The van der Waals surface area contributed by atoms with Crippen LogP contribution in [0.25, 0.3) is 0 Å². The Kier molecular flexibility index (Phi) is 4.48. The van der Waals surface area contributed by atoms with Gasteiger partial charge in [-0.3, -0.25) is 0 Å². The highest BCUT2D eigenvalue weighted by Crippen LogP contribution is 2.14. The van der Waals surface area contributed by atoms with Gasteiger partial charge in [-0.1, -0.05) is 35.4 Å². The van der Waals surface area contributed by atoms with E-state index in [2.05, 4.69) is 41.8 Å². The summed E-state index contributed by atoms with van der Waals surface area (Å²) in [5.74, 6) is 0. The maximum Gasteiger partial charge on any atom is 0.0426 e. The molecule has 0 aliphatic heterocycles. The summed E-state index contributed by atoms with van der Waals surface area (Å²) in [5, 5.41) is 7.44. The average Bonchev–Trinajstić information content (AvgIpc) is 2.37. The number of nitrogens with one attached hydrogen (secondary N) is 2. The SMILES string of the molecule is Cc1ccc(NCCNc2cccc(Cl)c2)cc1. The summed E-state index contributed by atoms with van der Waals surface area (Å²) < 4.78 is 0. The van der Waals surface area contributed by atoms with Crippen molar-refractivity contribution in [3.05, 3.63) is 59.1 Å². The van der Waals surface area contributed by atoms with Gasteiger partial charge in [-0.05, 0) is 37.3 Å². The molecule has 2 N–H and O–H groups in total. The van der Waals surface area contributed by atoms with Gasteiger partial charge in [-0.2, -0.15) is 0 Å². The second-order valence-corrected chi connectivity index (χ2v) is 4.67. The van der Waals surface area contributed by atoms with E-state index in [0.717, 1.165) is 29.5 Å². The molecule has 0 saturated heterocycles. The summed E-state index contributed by atoms with van der Waals surface area (Å²) in [5.41, 5.74) is 3.47. The normalized spacial score (nSPS) is 10.1. The van der Waals surface area contributed by atoms with E-state index in [-0.39, 0.29) is 0 Å². The minimum Gasteiger partial charge on any atom is -0.383 e. The Morgan fingerprint density at radius 3 is 2.22 bits per heavy atom. The van der Waals surface area contributed by atoms with Crippen LogP contribution in [0.4, 0.5) is 11.4 Å². The smallest absolute Gasteiger partial charge is 0.0426 e. The lowest BCUT2D eigenvalue weighted by Crippen LogP contribution is -2.13. The number of benzene rings is 2. The van der Waals surface area contributed by atoms with Crippen LogP contribution >= 0.6 is 11.6 Å². The number of hydrogen-bond acceptors (Lipinski definition) is 2. The van der Waals surface area contributed by atoms with E-state index in [0.29, 0.717) is 0 Å². The molecule has 2 aromatic carbocycles. The lowest BCUT2D eigenvalue weighted by Gasteiger charge is -2.09. The molecular weight excluding hydrogens is 244 g/mol. The summed E-state index contributed by atoms with van der Waals surface area (Å²) >= 11 is 5.91. The molecule has 0 saturated carbocycles. The highest BCUT2D eigenvalue weighted by atomic mass is 35.5. The van der Waals surface area contributed by atoms with Crippen LogP contribution in [0.1, 0.15) is 5.56 Å². The Morgan fingerprint density at radius 1 is 0.889 bits per heavy atom. The molecular formula is C15H17ClN2. The maximum atomic E-state index is 5.91. The van der Waals surface area contributed by atoms with Gasteiger partial charge < -0.3 is 10.6 Å². The summed E-state index contributed by atoms with van der Waals surface area (Å²) in [6, 6.07) is 16.1. The van der Waals surface area contributed by atoms with Gasteiger partial charge in [0.15, 0.2) is 0 Å². The largest absolute Gasteiger partial charge is 0.383 e. The molecule has 0 unspecified atom stereocenters. The van der Waals surface area contributed by atoms with Crippen molar-refractivity contribution in [2.75, 3.05) is 23.7 Å². The predicted molar refractivity (Wildman–Crippen MR) is 79.6 cm³/mol. The third-order valence-corrected chi connectivity index (χ3v) is 2.89. The van der Waals surface area contributed by atoms with Crippen molar-refractivity contribution >= 4 is 23.0 Å². The molecule has 0 bridgehead atoms. The predicted octanol–water partition coefficient (Wildman–Crippen LogP) is 4.17. The van der Waals surface area contributed by atoms with Gasteiger partial charge in [0.25, 0.3) is 0 Å². The van der Waals surface area contributed by atoms with Crippen molar-refractivity contribution in [2.45, 2.75) is 6.92 Å². The Bertz CT molecular complexity index is 494. The first-order valence-corrected chi connectivity index (χ1v) is 6.42. The van der Waals surface area contributed by atoms with Gasteiger partial charge in [0, 0.05) is 29.5 Å². The minimum absolute atomic E-state index is 0.756. The fourth-order valence-corrected chi connectivity index (χ4v) is 1.87. The van der Waals surface area contributed by atoms with E-state index in [1.54, 1.807) is 0 Å². The lowest BCUT2D eigenvalue weighted by molar-refractivity contribution is 1.08. The number of anilines is 2. The van der Waals surface area contributed by atoms with E-state index in [1.807, 2.05) is 24.3 Å². The second-order valence-electron chi connectivity index (χ2n) is 4.23. The molecule has 0 spiro atoms. The van der Waals surface area contributed by atoms with Crippen LogP contribution in [0.3, 0.4) is 0 Å². The van der Waals surface area contributed by atoms with Gasteiger partial charge in [0.2, 0.25) is 0 Å². The molecule has 0 aliphatic rings. The molecule has 0 fully saturated rings. The van der Waals surface area contributed by atoms with E-state index >= 15 is 0 Å². The summed E-state index contributed by atoms with van der Waals surface area (Å²) in [4.78, 5) is 0. The zero-order valence-electron chi connectivity index (χ0n) is 10.4. The van der Waals surface area contributed by atoms with Gasteiger partial charge in [0.1, 0.15) is 0 Å². The first-order valence-electron chi connectivity index (χ1n) is 6.04. The quantitative estimate of drug-likeness (QED) is 0.789. The maximum absolute atomic E-state index is 5.91. The third-order valence-electron chi connectivity index (χ3n) is 2.66. The van der Waals surface area contributed by atoms with Crippen molar-refractivity contribution in [2.24, 2.45) is 0 Å². The highest BCUT2D eigenvalue weighted by molar-refractivity contribution is 6.30. The van der Waals surface area contributed by atoms with Crippen LogP contribution in [0.2, 0.25) is 5.02 Å². The van der Waals surface area contributed by atoms with E-state index < -0.39 is 0 Å². The molecule has 0 aliphatic carbocycles. The molecule has 18 heavy (non-hydrogen) atoms. The molecule has 0 heterocycles. The van der Waals surface area contributed by atoms with Crippen LogP contribution in [-0.4, -0.2) is 13.1 Å². The molecule has 0 atom stereocenters. The van der Waals surface area contributed by atoms with Gasteiger partial charge in [-0.15, -0.1) is 0 Å². The standard InChI is InChI=1S/C15H17ClN2/c1-12-5-7-14(8-6-12)17-9-10-18-15-4-2-3-13(16)11-15/h2-8,11,17-18H,9-10H2,1H3. The Labute approximate surface area is 113 Å². The Morgan fingerprint density at radius 2 is 1.56 bits per heavy atom. The summed E-state index contributed by atoms with van der Waals surface area (Å²) in [6.45, 7) is 3.81. The monoisotopic (exact) mass is 260 g/mol. The van der Waals surface area contributed by atoms with Crippen molar-refractivity contribution < 1.29 is 0 Å². The average molecular weight is 261 g/mol. The van der Waals surface area contributed by atoms with Crippen LogP contribution in [0.15, 0.2) is 48.5 Å². The van der Waals surface area contributed by atoms with E-state index in [4.69, 9.17) is 11.6 Å². The summed E-state index contributed by atoms with van der Waals surface area (Å²) in [7, 11) is 0. The zero-order valence-corrected chi connectivity index (χ0v) is 11.2. The molecule has 2 nitrogen and oxygen atoms in total. The molecule has 0 radical (unpaired) electrons. The van der Waals surface area contributed by atoms with Gasteiger partial charge in [-0.25, -0.2) is 0 Å². The van der Waals surface area contributed by atoms with Crippen molar-refractivity contribution in [1.29, 1.82) is 0 Å². The fraction of sp³-hybridized carbons (Fsp3) is 0.200. The van der Waals surface area contributed by atoms with Crippen molar-refractivity contribution in [3.63, 3.8) is 0 Å². The van der Waals surface area contributed by atoms with Crippen LogP contribution in [-0.2, 0) is 0 Å². The van der Waals surface area contributed by atoms with Crippen LogP contribution < -0.4 is 10.6 Å². The lowest BCUT2D eigenvalue weighted by atomic mass is 10.2. The minimum atomic E-state index is 0.756. The molecule has 0 amide bonds. The Balaban J connectivity index is 1.74. The van der Waals surface area contributed by atoms with Crippen LogP contribution in [0.5, 0.6) is 0 Å². The molecule has 2 rings (SSSR count). The molecule has 2 aromatic rings. The number of hydrogen-bond donors (Lipinski definition) is 2. The molecule has 3 heteroatoms. The molecule has 94 valence electrons. The first kappa shape index (κ1) is 12.8. The summed E-state index contributed by atoms with van der Waals surface area (Å²) in [6.07, 6.45) is 0. The van der Waals surface area contributed by atoms with E-state index in [1.165, 1.54) is 5.56 Å². The first-order chi connectivity index (χ1) is 8.74. The second kappa shape index (κ2) is 6.31. The van der Waals surface area contributed by atoms with E-state index in [9.17, 15) is 0 Å². The third kappa shape index (κ3) is 3.97. The topological polar surface area (TPSA) is 24.1 Å². The van der Waals surface area contributed by atoms with Crippen molar-refractivity contribution in [3.8, 4) is 0 Å². The number of aryl methyl sites for hydroxylation is 1. The number of halogens is 1. The highest BCUT2D eigenvalue weighted by Gasteiger charge is 1.94. The van der Waals surface area contributed by atoms with Crippen LogP contribution in [0, 0.1) is 6.92 Å². The fourth-order valence-electron chi connectivity index (χ4n) is 1.68. The van der Waals surface area contributed by atoms with Gasteiger partial charge in [0.05, 0.1) is 0 Å².